The van der Waals surface area contributed by atoms with Gasteiger partial charge in [0.1, 0.15) is 16.5 Å². The number of amides is 1. The lowest BCUT2D eigenvalue weighted by molar-refractivity contribution is 0.0947. The van der Waals surface area contributed by atoms with Crippen LogP contribution in [0.25, 0.3) is 10.6 Å². The van der Waals surface area contributed by atoms with Gasteiger partial charge in [-0.3, -0.25) is 4.79 Å². The Morgan fingerprint density at radius 1 is 1.50 bits per heavy atom. The maximum atomic E-state index is 11.9. The molecular formula is C14H13ClN2O2S. The number of nitrogens with one attached hydrogen (secondary N) is 1. The Morgan fingerprint density at radius 2 is 2.30 bits per heavy atom. The van der Waals surface area contributed by atoms with Crippen LogP contribution in [0.4, 0.5) is 0 Å². The van der Waals surface area contributed by atoms with Crippen molar-refractivity contribution in [2.45, 2.75) is 18.9 Å². The van der Waals surface area contributed by atoms with Gasteiger partial charge in [-0.2, -0.15) is 0 Å². The third-order valence-corrected chi connectivity index (χ3v) is 4.24. The molecule has 0 radical (unpaired) electrons. The highest BCUT2D eigenvalue weighted by atomic mass is 35.5. The highest BCUT2D eigenvalue weighted by Gasteiger charge is 2.25. The largest absolute Gasteiger partial charge is 0.497 e. The lowest BCUT2D eigenvalue weighted by Gasteiger charge is -2.04. The molecule has 0 bridgehead atoms. The van der Waals surface area contributed by atoms with Crippen molar-refractivity contribution >= 4 is 28.8 Å². The van der Waals surface area contributed by atoms with E-state index in [9.17, 15) is 4.79 Å². The number of nitrogens with zero attached hydrogens (tertiary/aromatic N) is 1. The first-order chi connectivity index (χ1) is 9.67. The quantitative estimate of drug-likeness (QED) is 0.942. The van der Waals surface area contributed by atoms with E-state index in [4.69, 9.17) is 16.3 Å². The third-order valence-electron chi connectivity index (χ3n) is 3.06. The number of hydrogen-bond acceptors (Lipinski definition) is 4. The van der Waals surface area contributed by atoms with E-state index in [1.165, 1.54) is 11.3 Å². The first-order valence-corrected chi connectivity index (χ1v) is 7.53. The number of ether oxygens (including phenoxy) is 1. The maximum absolute atomic E-state index is 11.9. The molecule has 1 N–H and O–H groups in total. The molecule has 0 atom stereocenters. The number of carbonyl (C=O) groups excluding carboxylic acids is 1. The number of rotatable bonds is 4. The van der Waals surface area contributed by atoms with Gasteiger partial charge in [-0.1, -0.05) is 11.6 Å². The van der Waals surface area contributed by atoms with E-state index in [-0.39, 0.29) is 5.91 Å². The van der Waals surface area contributed by atoms with Gasteiger partial charge >= 0.3 is 0 Å². The number of carbonyl (C=O) groups is 1. The van der Waals surface area contributed by atoms with Crippen molar-refractivity contribution in [3.8, 4) is 16.3 Å². The second-order valence-corrected chi connectivity index (χ2v) is 5.90. The van der Waals surface area contributed by atoms with Crippen LogP contribution in [0.15, 0.2) is 23.6 Å². The van der Waals surface area contributed by atoms with E-state index < -0.39 is 0 Å². The molecule has 6 heteroatoms. The molecule has 1 aromatic carbocycles. The van der Waals surface area contributed by atoms with Crippen molar-refractivity contribution in [3.05, 3.63) is 34.3 Å². The Bertz CT molecular complexity index is 652. The molecule has 1 aliphatic rings. The topological polar surface area (TPSA) is 51.2 Å². The molecule has 1 amide bonds. The van der Waals surface area contributed by atoms with E-state index in [0.717, 1.165) is 23.4 Å². The lowest BCUT2D eigenvalue weighted by Crippen LogP contribution is -2.25. The van der Waals surface area contributed by atoms with Crippen molar-refractivity contribution in [2.75, 3.05) is 7.11 Å². The Kier molecular flexibility index (Phi) is 3.63. The number of thiazole rings is 1. The molecular weight excluding hydrogens is 296 g/mol. The zero-order chi connectivity index (χ0) is 14.1. The Labute approximate surface area is 125 Å². The summed E-state index contributed by atoms with van der Waals surface area (Å²) in [5.74, 6) is 0.585. The first-order valence-electron chi connectivity index (χ1n) is 6.27. The minimum atomic E-state index is -0.111. The maximum Gasteiger partial charge on any atom is 0.270 e. The molecule has 2 aromatic rings. The molecule has 1 aliphatic carbocycles. The highest BCUT2D eigenvalue weighted by Crippen LogP contribution is 2.33. The van der Waals surface area contributed by atoms with E-state index in [1.54, 1.807) is 18.6 Å². The van der Waals surface area contributed by atoms with E-state index in [1.807, 2.05) is 12.1 Å². The first kappa shape index (κ1) is 13.4. The second-order valence-electron chi connectivity index (χ2n) is 4.63. The highest BCUT2D eigenvalue weighted by molar-refractivity contribution is 7.13. The summed E-state index contributed by atoms with van der Waals surface area (Å²) in [6.45, 7) is 0. The van der Waals surface area contributed by atoms with Crippen LogP contribution in [0.3, 0.4) is 0 Å². The summed E-state index contributed by atoms with van der Waals surface area (Å²) in [5.41, 5.74) is 1.26. The van der Waals surface area contributed by atoms with Crippen LogP contribution in [-0.2, 0) is 0 Å². The molecule has 20 heavy (non-hydrogen) atoms. The third kappa shape index (κ3) is 2.78. The van der Waals surface area contributed by atoms with Crippen LogP contribution in [-0.4, -0.2) is 24.0 Å². The van der Waals surface area contributed by atoms with Crippen molar-refractivity contribution in [3.63, 3.8) is 0 Å². The molecule has 3 rings (SSSR count). The number of aromatic nitrogens is 1. The van der Waals surface area contributed by atoms with Crippen LogP contribution in [0.5, 0.6) is 5.75 Å². The lowest BCUT2D eigenvalue weighted by atomic mass is 10.2. The van der Waals surface area contributed by atoms with Gasteiger partial charge in [0, 0.05) is 17.0 Å². The van der Waals surface area contributed by atoms with Gasteiger partial charge in [-0.25, -0.2) is 4.98 Å². The predicted octanol–water partition coefficient (Wildman–Crippen LogP) is 3.36. The number of halogens is 1. The zero-order valence-electron chi connectivity index (χ0n) is 10.9. The molecule has 0 unspecified atom stereocenters. The van der Waals surface area contributed by atoms with Crippen LogP contribution in [0, 0.1) is 0 Å². The average Bonchev–Trinajstić information content (AvgIpc) is 3.12. The van der Waals surface area contributed by atoms with Gasteiger partial charge in [0.25, 0.3) is 5.91 Å². The number of hydrogen-bond donors (Lipinski definition) is 1. The monoisotopic (exact) mass is 308 g/mol. The number of benzene rings is 1. The molecule has 4 nitrogen and oxygen atoms in total. The summed E-state index contributed by atoms with van der Waals surface area (Å²) < 4.78 is 5.11. The molecule has 0 aliphatic heterocycles. The summed E-state index contributed by atoms with van der Waals surface area (Å²) in [7, 11) is 1.59. The minimum Gasteiger partial charge on any atom is -0.497 e. The van der Waals surface area contributed by atoms with Gasteiger partial charge in [0.05, 0.1) is 12.1 Å². The zero-order valence-corrected chi connectivity index (χ0v) is 12.4. The molecule has 0 spiro atoms. The fourth-order valence-corrected chi connectivity index (χ4v) is 2.94. The summed E-state index contributed by atoms with van der Waals surface area (Å²) in [5, 5.41) is 5.98. The van der Waals surface area contributed by atoms with Gasteiger partial charge in [-0.15, -0.1) is 11.3 Å². The van der Waals surface area contributed by atoms with Crippen LogP contribution >= 0.6 is 22.9 Å². The Hall–Kier alpha value is -1.59. The van der Waals surface area contributed by atoms with E-state index in [0.29, 0.717) is 22.5 Å². The Morgan fingerprint density at radius 3 is 2.95 bits per heavy atom. The molecule has 0 saturated heterocycles. The van der Waals surface area contributed by atoms with Crippen LogP contribution in [0.2, 0.25) is 5.02 Å². The average molecular weight is 309 g/mol. The van der Waals surface area contributed by atoms with Crippen molar-refractivity contribution in [2.24, 2.45) is 0 Å². The standard InChI is InChI=1S/C14H13ClN2O2S/c1-19-9-4-5-10(11(15)6-9)14-17-12(7-20-14)13(18)16-8-2-3-8/h4-8H,2-3H2,1H3,(H,16,18). The molecule has 1 heterocycles. The molecule has 1 saturated carbocycles. The molecule has 104 valence electrons. The predicted molar refractivity (Wildman–Crippen MR) is 79.6 cm³/mol. The molecule has 1 aromatic heterocycles. The number of methoxy groups -OCH3 is 1. The Balaban J connectivity index is 1.83. The summed E-state index contributed by atoms with van der Waals surface area (Å²) in [6, 6.07) is 5.74. The summed E-state index contributed by atoms with van der Waals surface area (Å²) in [6.07, 6.45) is 2.13. The van der Waals surface area contributed by atoms with Crippen LogP contribution < -0.4 is 10.1 Å². The second kappa shape index (κ2) is 5.42. The SMILES string of the molecule is COc1ccc(-c2nc(C(=O)NC3CC3)cs2)c(Cl)c1. The van der Waals surface area contributed by atoms with Crippen molar-refractivity contribution in [1.29, 1.82) is 0 Å². The van der Waals surface area contributed by atoms with Gasteiger partial charge in [0.15, 0.2) is 0 Å². The minimum absolute atomic E-state index is 0.111. The van der Waals surface area contributed by atoms with Gasteiger partial charge in [0.2, 0.25) is 0 Å². The van der Waals surface area contributed by atoms with Gasteiger partial charge < -0.3 is 10.1 Å². The van der Waals surface area contributed by atoms with Gasteiger partial charge in [-0.05, 0) is 31.0 Å². The summed E-state index contributed by atoms with van der Waals surface area (Å²) >= 11 is 7.62. The fraction of sp³-hybridized carbons (Fsp3) is 0.286. The van der Waals surface area contributed by atoms with Crippen molar-refractivity contribution < 1.29 is 9.53 Å². The fourth-order valence-electron chi connectivity index (χ4n) is 1.78. The summed E-state index contributed by atoms with van der Waals surface area (Å²) in [4.78, 5) is 16.3. The smallest absolute Gasteiger partial charge is 0.270 e. The van der Waals surface area contributed by atoms with Crippen molar-refractivity contribution in [1.82, 2.24) is 10.3 Å². The van der Waals surface area contributed by atoms with E-state index in [2.05, 4.69) is 10.3 Å². The van der Waals surface area contributed by atoms with Crippen LogP contribution in [0.1, 0.15) is 23.3 Å². The van der Waals surface area contributed by atoms with E-state index >= 15 is 0 Å². The molecule has 1 fully saturated rings. The normalized spacial score (nSPS) is 14.1.